The number of carbonyl (C=O) groups excluding carboxylic acids is 3. The van der Waals surface area contributed by atoms with E-state index < -0.39 is 12.2 Å². The predicted octanol–water partition coefficient (Wildman–Crippen LogP) is 3.83. The topological polar surface area (TPSA) is 76.2 Å². The molecule has 3 atom stereocenters. The zero-order valence-electron chi connectivity index (χ0n) is 21.9. The van der Waals surface area contributed by atoms with Crippen LogP contribution in [0.25, 0.3) is 0 Å². The molecule has 8 nitrogen and oxygen atoms in total. The second-order valence-corrected chi connectivity index (χ2v) is 9.72. The summed E-state index contributed by atoms with van der Waals surface area (Å²) < 4.78 is 0. The van der Waals surface area contributed by atoms with Crippen LogP contribution in [0.3, 0.4) is 0 Å². The number of hydrazine groups is 1. The molecule has 0 saturated carbocycles. The third-order valence-corrected chi connectivity index (χ3v) is 7.27. The average molecular weight is 486 g/mol. The fourth-order valence-corrected chi connectivity index (χ4v) is 5.26. The lowest BCUT2D eigenvalue weighted by Crippen LogP contribution is -2.76. The van der Waals surface area contributed by atoms with E-state index in [1.165, 1.54) is 0 Å². The molecule has 0 aromatic heterocycles. The molecule has 0 radical (unpaired) electrons. The summed E-state index contributed by atoms with van der Waals surface area (Å²) in [6.07, 6.45) is 5.28. The van der Waals surface area contributed by atoms with E-state index in [0.717, 1.165) is 37.7 Å². The second kappa shape index (κ2) is 12.9. The molecule has 1 unspecified atom stereocenters. The van der Waals surface area contributed by atoms with Gasteiger partial charge in [0, 0.05) is 19.6 Å². The third-order valence-electron chi connectivity index (χ3n) is 7.27. The summed E-state index contributed by atoms with van der Waals surface area (Å²) >= 11 is 0. The van der Waals surface area contributed by atoms with Gasteiger partial charge < -0.3 is 15.1 Å². The number of unbranched alkanes of at least 4 members (excludes halogenated alkanes) is 1. The molecule has 2 heterocycles. The Morgan fingerprint density at radius 1 is 1.09 bits per heavy atom. The summed E-state index contributed by atoms with van der Waals surface area (Å²) in [6.45, 7) is 10.4. The maximum absolute atomic E-state index is 13.6. The summed E-state index contributed by atoms with van der Waals surface area (Å²) in [5, 5.41) is 6.55. The number of urea groups is 1. The van der Waals surface area contributed by atoms with E-state index in [0.29, 0.717) is 38.5 Å². The quantitative estimate of drug-likeness (QED) is 0.517. The minimum atomic E-state index is -0.515. The minimum absolute atomic E-state index is 0.0287. The number of rotatable bonds is 11. The molecule has 0 aliphatic carbocycles. The predicted molar refractivity (Wildman–Crippen MR) is 137 cm³/mol. The van der Waals surface area contributed by atoms with Crippen molar-refractivity contribution in [2.45, 2.75) is 85.0 Å². The van der Waals surface area contributed by atoms with Crippen molar-refractivity contribution in [1.29, 1.82) is 0 Å². The molecule has 0 spiro atoms. The van der Waals surface area contributed by atoms with Crippen molar-refractivity contribution in [3.8, 4) is 0 Å². The van der Waals surface area contributed by atoms with Gasteiger partial charge in [0.2, 0.25) is 11.8 Å². The van der Waals surface area contributed by atoms with E-state index >= 15 is 0 Å². The zero-order valence-corrected chi connectivity index (χ0v) is 21.9. The molecule has 4 amide bonds. The fourth-order valence-electron chi connectivity index (χ4n) is 5.26. The zero-order chi connectivity index (χ0) is 25.4. The first-order valence-electron chi connectivity index (χ1n) is 13.4. The molecule has 3 rings (SSSR count). The molecule has 1 N–H and O–H groups in total. The number of hydrogen-bond acceptors (Lipinski definition) is 4. The Hall–Kier alpha value is -2.61. The molecule has 8 heteroatoms. The third kappa shape index (κ3) is 6.34. The maximum Gasteiger partial charge on any atom is 0.334 e. The van der Waals surface area contributed by atoms with Gasteiger partial charge in [0.1, 0.15) is 12.2 Å². The van der Waals surface area contributed by atoms with Gasteiger partial charge in [-0.3, -0.25) is 9.59 Å². The smallest absolute Gasteiger partial charge is 0.334 e. The maximum atomic E-state index is 13.6. The number of amides is 4. The van der Waals surface area contributed by atoms with Gasteiger partial charge in [0.15, 0.2) is 0 Å². The van der Waals surface area contributed by atoms with Crippen molar-refractivity contribution < 1.29 is 14.4 Å². The molecule has 1 aromatic carbocycles. The molecule has 0 bridgehead atoms. The number of carbonyl (C=O) groups is 3. The van der Waals surface area contributed by atoms with Gasteiger partial charge in [-0.05, 0) is 24.3 Å². The Morgan fingerprint density at radius 2 is 1.83 bits per heavy atom. The van der Waals surface area contributed by atoms with Gasteiger partial charge in [0.05, 0.1) is 13.1 Å². The second-order valence-electron chi connectivity index (χ2n) is 9.72. The van der Waals surface area contributed by atoms with E-state index in [1.54, 1.807) is 9.91 Å². The number of piperazine rings is 1. The molecule has 1 aromatic rings. The lowest BCUT2D eigenvalue weighted by Gasteiger charge is -2.55. The van der Waals surface area contributed by atoms with E-state index in [9.17, 15) is 14.4 Å². The first kappa shape index (κ1) is 27.0. The van der Waals surface area contributed by atoms with Crippen molar-refractivity contribution in [3.63, 3.8) is 0 Å². The van der Waals surface area contributed by atoms with Crippen LogP contribution in [-0.4, -0.2) is 76.0 Å². The number of hydrogen-bond donors (Lipinski definition) is 1. The highest BCUT2D eigenvalue weighted by Crippen LogP contribution is 2.29. The van der Waals surface area contributed by atoms with Gasteiger partial charge in [-0.15, -0.1) is 0 Å². The molecule has 2 saturated heterocycles. The van der Waals surface area contributed by atoms with Crippen LogP contribution in [0, 0.1) is 5.92 Å². The SMILES string of the molecule is CCCCC(CC)CN1C[C@H]2N(C(=O)CN(CC)N2C(=O)NCc2ccccc2)[C@@H](CCC)C1=O. The molecule has 2 aliphatic heterocycles. The Kier molecular flexibility index (Phi) is 9.95. The Morgan fingerprint density at radius 3 is 2.46 bits per heavy atom. The van der Waals surface area contributed by atoms with E-state index in [2.05, 4.69) is 19.2 Å². The van der Waals surface area contributed by atoms with Crippen molar-refractivity contribution in [1.82, 2.24) is 25.1 Å². The van der Waals surface area contributed by atoms with Gasteiger partial charge in [-0.1, -0.05) is 83.7 Å². The van der Waals surface area contributed by atoms with Crippen LogP contribution in [0.2, 0.25) is 0 Å². The number of nitrogens with zero attached hydrogens (tertiary/aromatic N) is 4. The van der Waals surface area contributed by atoms with Crippen molar-refractivity contribution in [2.75, 3.05) is 26.2 Å². The summed E-state index contributed by atoms with van der Waals surface area (Å²) in [5.74, 6) is 0.379. The van der Waals surface area contributed by atoms with Crippen LogP contribution in [0.15, 0.2) is 30.3 Å². The van der Waals surface area contributed by atoms with Crippen LogP contribution in [0.1, 0.15) is 71.8 Å². The highest BCUT2D eigenvalue weighted by atomic mass is 16.2. The van der Waals surface area contributed by atoms with Crippen molar-refractivity contribution >= 4 is 17.8 Å². The Bertz CT molecular complexity index is 848. The van der Waals surface area contributed by atoms with Crippen LogP contribution >= 0.6 is 0 Å². The average Bonchev–Trinajstić information content (AvgIpc) is 2.87. The lowest BCUT2D eigenvalue weighted by molar-refractivity contribution is -0.190. The summed E-state index contributed by atoms with van der Waals surface area (Å²) in [6, 6.07) is 9.05. The summed E-state index contributed by atoms with van der Waals surface area (Å²) in [7, 11) is 0. The fraction of sp³-hybridized carbons (Fsp3) is 0.667. The normalized spacial score (nSPS) is 21.8. The molecule has 2 aliphatic rings. The molecule has 194 valence electrons. The highest BCUT2D eigenvalue weighted by Gasteiger charge is 2.50. The lowest BCUT2D eigenvalue weighted by atomic mass is 9.96. The Balaban J connectivity index is 1.86. The minimum Gasteiger partial charge on any atom is -0.337 e. The Labute approximate surface area is 210 Å². The number of likely N-dealkylation sites (N-methyl/N-ethyl adjacent to an activating group) is 1. The number of nitrogens with one attached hydrogen (secondary N) is 1. The molecule has 35 heavy (non-hydrogen) atoms. The van der Waals surface area contributed by atoms with Crippen LogP contribution in [-0.2, 0) is 16.1 Å². The van der Waals surface area contributed by atoms with Gasteiger partial charge in [0.25, 0.3) is 0 Å². The van der Waals surface area contributed by atoms with Crippen LogP contribution in [0.5, 0.6) is 0 Å². The summed E-state index contributed by atoms with van der Waals surface area (Å²) in [5.41, 5.74) is 1.01. The van der Waals surface area contributed by atoms with Crippen molar-refractivity contribution in [2.24, 2.45) is 5.92 Å². The van der Waals surface area contributed by atoms with Crippen LogP contribution in [0.4, 0.5) is 4.79 Å². The van der Waals surface area contributed by atoms with E-state index in [-0.39, 0.29) is 24.4 Å². The van der Waals surface area contributed by atoms with Crippen molar-refractivity contribution in [3.05, 3.63) is 35.9 Å². The first-order valence-corrected chi connectivity index (χ1v) is 13.4. The standard InChI is InChI=1S/C27H43N5O3/c1-5-9-14-21(7-3)18-29-19-24-31(23(13-6-2)26(29)34)25(33)20-30(8-4)32(24)27(35)28-17-22-15-11-10-12-16-22/h10-12,15-16,21,23-24H,5-9,13-14,17-20H2,1-4H3,(H,28,35)/t21?,23-,24-/m0/s1. The molecule has 2 fully saturated rings. The first-order chi connectivity index (χ1) is 16.9. The van der Waals surface area contributed by atoms with Gasteiger partial charge in [-0.25, -0.2) is 14.8 Å². The summed E-state index contributed by atoms with van der Waals surface area (Å²) in [4.78, 5) is 44.0. The monoisotopic (exact) mass is 485 g/mol. The van der Waals surface area contributed by atoms with Crippen LogP contribution < -0.4 is 5.32 Å². The largest absolute Gasteiger partial charge is 0.337 e. The number of benzene rings is 1. The number of fused-ring (bicyclic) bond motifs is 1. The molecular weight excluding hydrogens is 442 g/mol. The van der Waals surface area contributed by atoms with Gasteiger partial charge >= 0.3 is 6.03 Å². The van der Waals surface area contributed by atoms with E-state index in [1.807, 2.05) is 54.1 Å². The van der Waals surface area contributed by atoms with Gasteiger partial charge in [-0.2, -0.15) is 0 Å². The molecular formula is C27H43N5O3. The highest BCUT2D eigenvalue weighted by molar-refractivity contribution is 5.91. The van der Waals surface area contributed by atoms with E-state index in [4.69, 9.17) is 0 Å².